The van der Waals surface area contributed by atoms with E-state index < -0.39 is 40.2 Å². The Kier molecular flexibility index (Phi) is 6.20. The van der Waals surface area contributed by atoms with E-state index in [2.05, 4.69) is 5.32 Å². The van der Waals surface area contributed by atoms with Gasteiger partial charge in [-0.1, -0.05) is 6.07 Å². The van der Waals surface area contributed by atoms with Crippen LogP contribution in [0, 0.1) is 17.6 Å². The molecule has 1 aromatic carbocycles. The molecule has 0 unspecified atom stereocenters. The van der Waals surface area contributed by atoms with Crippen LogP contribution in [0.15, 0.2) is 29.2 Å². The molecule has 4 rings (SSSR count). The molecule has 8 nitrogen and oxygen atoms in total. The van der Waals surface area contributed by atoms with Gasteiger partial charge >= 0.3 is 0 Å². The summed E-state index contributed by atoms with van der Waals surface area (Å²) < 4.78 is 34.0. The van der Waals surface area contributed by atoms with Crippen LogP contribution in [0.3, 0.4) is 0 Å². The van der Waals surface area contributed by atoms with Crippen LogP contribution in [-0.2, 0) is 17.8 Å². The van der Waals surface area contributed by atoms with Gasteiger partial charge in [0, 0.05) is 49.5 Å². The molecule has 0 radical (unpaired) electrons. The number of halogens is 2. The second kappa shape index (κ2) is 8.83. The molecule has 2 aliphatic rings. The van der Waals surface area contributed by atoms with Crippen LogP contribution < -0.4 is 10.7 Å². The fourth-order valence-electron chi connectivity index (χ4n) is 4.86. The molecule has 2 amide bonds. The number of benzene rings is 1. The van der Waals surface area contributed by atoms with Crippen molar-refractivity contribution in [3.63, 3.8) is 0 Å². The highest BCUT2D eigenvalue weighted by molar-refractivity contribution is 5.99. The molecule has 2 N–H and O–H groups in total. The second-order valence-corrected chi connectivity index (χ2v) is 9.05. The maximum atomic E-state index is 13.9. The fourth-order valence-corrected chi connectivity index (χ4v) is 4.86. The van der Waals surface area contributed by atoms with Crippen molar-refractivity contribution in [1.29, 1.82) is 0 Å². The second-order valence-electron chi connectivity index (χ2n) is 9.05. The normalized spacial score (nSPS) is 21.2. The maximum absolute atomic E-state index is 13.9. The summed E-state index contributed by atoms with van der Waals surface area (Å²) in [5, 5.41) is 13.0. The average molecular weight is 475 g/mol. The lowest BCUT2D eigenvalue weighted by Gasteiger charge is -2.42. The molecular formula is C24H27F2N3O5. The Labute approximate surface area is 195 Å². The molecule has 1 aromatic heterocycles. The predicted molar refractivity (Wildman–Crippen MR) is 119 cm³/mol. The van der Waals surface area contributed by atoms with Gasteiger partial charge in [-0.05, 0) is 33.3 Å². The van der Waals surface area contributed by atoms with Crippen molar-refractivity contribution < 1.29 is 28.2 Å². The minimum absolute atomic E-state index is 0.0375. The Bertz CT molecular complexity index is 1210. The lowest BCUT2D eigenvalue weighted by atomic mass is 10.0. The smallest absolute Gasteiger partial charge is 0.275 e. The van der Waals surface area contributed by atoms with Crippen LogP contribution in [0.25, 0.3) is 0 Å². The number of fused-ring (bicyclic) bond motifs is 1. The van der Waals surface area contributed by atoms with E-state index in [1.807, 2.05) is 20.8 Å². The van der Waals surface area contributed by atoms with Gasteiger partial charge in [-0.2, -0.15) is 0 Å². The highest BCUT2D eigenvalue weighted by atomic mass is 19.1. The third-order valence-corrected chi connectivity index (χ3v) is 6.54. The Balaban J connectivity index is 1.65. The molecule has 2 heterocycles. The van der Waals surface area contributed by atoms with Gasteiger partial charge in [-0.3, -0.25) is 14.4 Å². The number of amides is 2. The zero-order valence-electron chi connectivity index (χ0n) is 19.2. The largest absolute Gasteiger partial charge is 0.503 e. The number of carbonyl (C=O) groups excluding carboxylic acids is 2. The molecule has 10 heteroatoms. The Morgan fingerprint density at radius 1 is 1.32 bits per heavy atom. The lowest BCUT2D eigenvalue weighted by Crippen LogP contribution is -2.55. The van der Waals surface area contributed by atoms with E-state index >= 15 is 0 Å². The van der Waals surface area contributed by atoms with E-state index in [1.54, 1.807) is 4.90 Å². The first kappa shape index (κ1) is 23.9. The van der Waals surface area contributed by atoms with Gasteiger partial charge in [0.15, 0.2) is 11.4 Å². The highest BCUT2D eigenvalue weighted by Gasteiger charge is 2.63. The van der Waals surface area contributed by atoms with Crippen molar-refractivity contribution in [3.05, 3.63) is 63.1 Å². The van der Waals surface area contributed by atoms with E-state index in [1.165, 1.54) is 16.8 Å². The van der Waals surface area contributed by atoms with E-state index in [0.717, 1.165) is 6.07 Å². The van der Waals surface area contributed by atoms with Gasteiger partial charge in [0.25, 0.3) is 11.8 Å². The fraction of sp³-hybridized carbons (Fsp3) is 0.458. The minimum Gasteiger partial charge on any atom is -0.503 e. The maximum Gasteiger partial charge on any atom is 0.275 e. The predicted octanol–water partition coefficient (Wildman–Crippen LogP) is 2.42. The van der Waals surface area contributed by atoms with E-state index in [9.17, 15) is 28.3 Å². The molecule has 0 saturated heterocycles. The van der Waals surface area contributed by atoms with Crippen LogP contribution in [0.5, 0.6) is 5.75 Å². The Hall–Kier alpha value is -3.27. The monoisotopic (exact) mass is 475 g/mol. The third kappa shape index (κ3) is 3.96. The zero-order chi connectivity index (χ0) is 24.8. The van der Waals surface area contributed by atoms with Crippen molar-refractivity contribution >= 4 is 11.8 Å². The summed E-state index contributed by atoms with van der Waals surface area (Å²) in [5.74, 6) is -3.60. The first-order chi connectivity index (χ1) is 16.1. The number of hydrogen-bond donors (Lipinski definition) is 2. The van der Waals surface area contributed by atoms with Gasteiger partial charge in [-0.15, -0.1) is 0 Å². The van der Waals surface area contributed by atoms with Crippen molar-refractivity contribution in [3.8, 4) is 5.75 Å². The third-order valence-electron chi connectivity index (χ3n) is 6.54. The van der Waals surface area contributed by atoms with Gasteiger partial charge in [0.1, 0.15) is 17.2 Å². The minimum atomic E-state index is -0.988. The summed E-state index contributed by atoms with van der Waals surface area (Å²) in [6.07, 6.45) is 1.97. The molecule has 0 bridgehead atoms. The van der Waals surface area contributed by atoms with Crippen molar-refractivity contribution in [2.24, 2.45) is 5.92 Å². The number of rotatable bonds is 7. The van der Waals surface area contributed by atoms with E-state index in [-0.39, 0.29) is 35.3 Å². The molecule has 1 fully saturated rings. The number of hydrogen-bond acceptors (Lipinski definition) is 5. The quantitative estimate of drug-likeness (QED) is 0.641. The summed E-state index contributed by atoms with van der Waals surface area (Å²) in [5.41, 5.74) is -2.01. The molecule has 1 spiro atoms. The van der Waals surface area contributed by atoms with E-state index in [4.69, 9.17) is 4.74 Å². The molecule has 2 atom stereocenters. The SMILES string of the molecule is CCOC[C@H]1C[C@@]12Cn1cc(C(=O)NCc3ccc(F)cc3F)c(=O)c(O)c1C(=O)N2C(C)C. The highest BCUT2D eigenvalue weighted by Crippen LogP contribution is 2.53. The van der Waals surface area contributed by atoms with E-state index in [0.29, 0.717) is 32.2 Å². The number of nitrogens with one attached hydrogen (secondary N) is 1. The number of carbonyl (C=O) groups is 2. The van der Waals surface area contributed by atoms with Gasteiger partial charge < -0.3 is 24.6 Å². The van der Waals surface area contributed by atoms with Crippen LogP contribution in [-0.4, -0.2) is 51.2 Å². The first-order valence-electron chi connectivity index (χ1n) is 11.2. The van der Waals surface area contributed by atoms with Crippen molar-refractivity contribution in [2.45, 2.75) is 51.9 Å². The van der Waals surface area contributed by atoms with Crippen LogP contribution >= 0.6 is 0 Å². The zero-order valence-corrected chi connectivity index (χ0v) is 19.2. The van der Waals surface area contributed by atoms with Crippen LogP contribution in [0.2, 0.25) is 0 Å². The first-order valence-corrected chi connectivity index (χ1v) is 11.2. The molecule has 1 aliphatic carbocycles. The number of aromatic hydroxyl groups is 1. The molecular weight excluding hydrogens is 448 g/mol. The van der Waals surface area contributed by atoms with Gasteiger partial charge in [-0.25, -0.2) is 8.78 Å². The number of nitrogens with zero attached hydrogens (tertiary/aromatic N) is 2. The van der Waals surface area contributed by atoms with Crippen molar-refractivity contribution in [1.82, 2.24) is 14.8 Å². The summed E-state index contributed by atoms with van der Waals surface area (Å²) in [7, 11) is 0. The Morgan fingerprint density at radius 2 is 2.06 bits per heavy atom. The molecule has 182 valence electrons. The topological polar surface area (TPSA) is 101 Å². The van der Waals surface area contributed by atoms with Gasteiger partial charge in [0.05, 0.1) is 12.1 Å². The summed E-state index contributed by atoms with van der Waals surface area (Å²) >= 11 is 0. The molecule has 34 heavy (non-hydrogen) atoms. The number of pyridine rings is 1. The standard InChI is InChI=1S/C24H27F2N3O5/c1-4-34-11-15-8-24(15)12-28-10-17(20(30)21(31)19(28)23(33)29(24)13(2)3)22(32)27-9-14-5-6-16(25)7-18(14)26/h5-7,10,13,15,31H,4,8-9,11-12H2,1-3H3,(H,27,32)/t15-,24-/m1/s1. The van der Waals surface area contributed by atoms with Crippen LogP contribution in [0.1, 0.15) is 53.6 Å². The Morgan fingerprint density at radius 3 is 2.71 bits per heavy atom. The summed E-state index contributed by atoms with van der Waals surface area (Å²) in [6, 6.07) is 2.78. The summed E-state index contributed by atoms with van der Waals surface area (Å²) in [4.78, 5) is 40.6. The average Bonchev–Trinajstić information content (AvgIpc) is 3.44. The molecule has 1 aliphatic heterocycles. The van der Waals surface area contributed by atoms with Gasteiger partial charge in [0.2, 0.25) is 5.43 Å². The van der Waals surface area contributed by atoms with Crippen LogP contribution in [0.4, 0.5) is 8.78 Å². The lowest BCUT2D eigenvalue weighted by molar-refractivity contribution is 0.0356. The molecule has 2 aromatic rings. The number of ether oxygens (including phenoxy) is 1. The molecule has 1 saturated carbocycles. The number of aromatic nitrogens is 1. The summed E-state index contributed by atoms with van der Waals surface area (Å²) in [6.45, 7) is 6.67. The van der Waals surface area contributed by atoms with Crippen molar-refractivity contribution in [2.75, 3.05) is 13.2 Å².